The summed E-state index contributed by atoms with van der Waals surface area (Å²) in [6.45, 7) is 0.197. The number of urea groups is 1. The lowest BCUT2D eigenvalue weighted by molar-refractivity contribution is 0.0589. The van der Waals surface area contributed by atoms with Gasteiger partial charge in [-0.2, -0.15) is 0 Å². The highest BCUT2D eigenvalue weighted by atomic mass is 35.5. The van der Waals surface area contributed by atoms with E-state index in [1.54, 1.807) is 47.2 Å². The molecule has 46 heavy (non-hydrogen) atoms. The van der Waals surface area contributed by atoms with Gasteiger partial charge in [0.1, 0.15) is 0 Å². The maximum atomic E-state index is 12.2. The minimum atomic E-state index is -1.55. The van der Waals surface area contributed by atoms with Gasteiger partial charge in [-0.25, -0.2) is 24.4 Å². The Morgan fingerprint density at radius 2 is 1.52 bits per heavy atom. The number of nitrogens with two attached hydrogens (primary N) is 1. The monoisotopic (exact) mass is 687 g/mol. The zero-order chi connectivity index (χ0) is 33.5. The van der Waals surface area contributed by atoms with E-state index in [0.29, 0.717) is 26.2 Å². The van der Waals surface area contributed by atoms with Crippen molar-refractivity contribution in [3.63, 3.8) is 0 Å². The molecule has 5 aromatic rings. The molecule has 0 atom stereocenters. The van der Waals surface area contributed by atoms with Crippen LogP contribution in [-0.4, -0.2) is 60.3 Å². The van der Waals surface area contributed by atoms with Gasteiger partial charge in [0.15, 0.2) is 23.0 Å². The van der Waals surface area contributed by atoms with E-state index in [-0.39, 0.29) is 18.2 Å². The highest BCUT2D eigenvalue weighted by Crippen LogP contribution is 2.32. The van der Waals surface area contributed by atoms with Gasteiger partial charge in [-0.1, -0.05) is 29.8 Å². The minimum Gasteiger partial charge on any atom is -0.501 e. The molecule has 4 heterocycles. The molecule has 0 bridgehead atoms. The highest BCUT2D eigenvalue weighted by molar-refractivity contribution is 7.14. The Morgan fingerprint density at radius 3 is 2.13 bits per heavy atom. The fraction of sp³-hybridized carbons (Fsp3) is 0.0741. The number of esters is 1. The summed E-state index contributed by atoms with van der Waals surface area (Å²) in [6, 6.07) is 9.74. The summed E-state index contributed by atoms with van der Waals surface area (Å²) in [5.41, 5.74) is 4.12. The molecule has 0 saturated heterocycles. The summed E-state index contributed by atoms with van der Waals surface area (Å²) in [6.07, 6.45) is 0. The number of aromatic amines is 2. The van der Waals surface area contributed by atoms with Gasteiger partial charge in [-0.3, -0.25) is 9.59 Å². The first-order valence-electron chi connectivity index (χ1n) is 12.6. The number of aromatic carboxylic acids is 1. The van der Waals surface area contributed by atoms with Gasteiger partial charge in [-0.15, -0.1) is 22.7 Å². The number of amides is 2. The smallest absolute Gasteiger partial charge is 0.360 e. The number of ether oxygens (including phenoxy) is 1. The van der Waals surface area contributed by atoms with Gasteiger partial charge in [0.05, 0.1) is 28.2 Å². The fourth-order valence-electron chi connectivity index (χ4n) is 3.62. The number of carboxylic acid groups (broad SMARTS) is 1. The van der Waals surface area contributed by atoms with Gasteiger partial charge in [0, 0.05) is 11.6 Å². The predicted molar refractivity (Wildman–Crippen MR) is 170 cm³/mol. The van der Waals surface area contributed by atoms with Gasteiger partial charge >= 0.3 is 18.0 Å². The van der Waals surface area contributed by atoms with Crippen molar-refractivity contribution in [3.05, 3.63) is 89.8 Å². The van der Waals surface area contributed by atoms with Crippen LogP contribution in [0.4, 0.5) is 16.2 Å². The molecule has 0 unspecified atom stereocenters. The molecule has 0 fully saturated rings. The van der Waals surface area contributed by atoms with E-state index >= 15 is 0 Å². The van der Waals surface area contributed by atoms with Gasteiger partial charge in [0.25, 0.3) is 11.1 Å². The largest absolute Gasteiger partial charge is 0.501 e. The van der Waals surface area contributed by atoms with Crippen molar-refractivity contribution in [2.75, 3.05) is 18.2 Å². The second kappa shape index (κ2) is 14.4. The summed E-state index contributed by atoms with van der Waals surface area (Å²) in [4.78, 5) is 71.1. The van der Waals surface area contributed by atoms with Crippen LogP contribution in [0.1, 0.15) is 26.5 Å². The molecule has 0 radical (unpaired) electrons. The van der Waals surface area contributed by atoms with Gasteiger partial charge in [-0.05, 0) is 34.5 Å². The molecule has 0 spiro atoms. The number of carbonyl (C=O) groups excluding carboxylic acids is 2. The SMILES string of the molecule is COC(=O)c1nc(-c2sccc2N)[nH]c(=O)c1O.O=C(NCc1ccccc1Cl)Nc1ccsc1-c1nc(C(=O)O)c(O)c(=O)[nH]1. The molecule has 0 aliphatic rings. The molecule has 0 aliphatic heterocycles. The van der Waals surface area contributed by atoms with E-state index in [0.717, 1.165) is 24.0 Å². The van der Waals surface area contributed by atoms with Gasteiger partial charge in [0.2, 0.25) is 11.5 Å². The molecular weight excluding hydrogens is 666 g/mol. The molecule has 19 heteroatoms. The van der Waals surface area contributed by atoms with Crippen molar-refractivity contribution in [2.45, 2.75) is 6.54 Å². The van der Waals surface area contributed by atoms with E-state index in [1.165, 1.54) is 11.3 Å². The number of nitrogens with zero attached hydrogens (tertiary/aromatic N) is 2. The van der Waals surface area contributed by atoms with E-state index in [9.17, 15) is 34.2 Å². The van der Waals surface area contributed by atoms with E-state index in [2.05, 4.69) is 35.3 Å². The second-order valence-electron chi connectivity index (χ2n) is 8.79. The number of methoxy groups -OCH3 is 1. The third kappa shape index (κ3) is 7.49. The number of rotatable bonds is 7. The number of thiophene rings is 2. The number of carboxylic acids is 1. The van der Waals surface area contributed by atoms with Crippen LogP contribution in [-0.2, 0) is 11.3 Å². The molecule has 1 aromatic carbocycles. The maximum Gasteiger partial charge on any atom is 0.360 e. The average Bonchev–Trinajstić information content (AvgIpc) is 3.67. The highest BCUT2D eigenvalue weighted by Gasteiger charge is 2.21. The van der Waals surface area contributed by atoms with Crippen LogP contribution in [0.5, 0.6) is 11.5 Å². The Bertz CT molecular complexity index is 2060. The van der Waals surface area contributed by atoms with Crippen molar-refractivity contribution in [1.29, 1.82) is 0 Å². The zero-order valence-electron chi connectivity index (χ0n) is 23.3. The Labute approximate surface area is 270 Å². The van der Waals surface area contributed by atoms with Crippen LogP contribution >= 0.6 is 34.3 Å². The van der Waals surface area contributed by atoms with Gasteiger partial charge < -0.3 is 46.4 Å². The lowest BCUT2D eigenvalue weighted by Crippen LogP contribution is -2.28. The normalized spacial score (nSPS) is 10.4. The molecule has 5 rings (SSSR count). The molecule has 9 N–H and O–H groups in total. The van der Waals surface area contributed by atoms with E-state index in [4.69, 9.17) is 22.4 Å². The lowest BCUT2D eigenvalue weighted by Gasteiger charge is -2.09. The van der Waals surface area contributed by atoms with Crippen LogP contribution in [0, 0.1) is 0 Å². The summed E-state index contributed by atoms with van der Waals surface area (Å²) >= 11 is 8.42. The topological polar surface area (TPSA) is 263 Å². The van der Waals surface area contributed by atoms with E-state index < -0.39 is 52.0 Å². The molecule has 4 aromatic heterocycles. The average molecular weight is 688 g/mol. The quantitative estimate of drug-likeness (QED) is 0.114. The zero-order valence-corrected chi connectivity index (χ0v) is 25.7. The number of hydrogen-bond acceptors (Lipinski definition) is 13. The number of benzene rings is 1. The molecule has 0 aliphatic carbocycles. The second-order valence-corrected chi connectivity index (χ2v) is 11.0. The van der Waals surface area contributed by atoms with Crippen molar-refractivity contribution in [3.8, 4) is 32.9 Å². The molecular formula is C27H22ClN7O9S2. The first kappa shape index (κ1) is 33.2. The summed E-state index contributed by atoms with van der Waals surface area (Å²) in [5, 5.41) is 37.2. The lowest BCUT2D eigenvalue weighted by atomic mass is 10.2. The number of aromatic hydroxyl groups is 2. The third-order valence-electron chi connectivity index (χ3n) is 5.81. The number of hydrogen-bond donors (Lipinski definition) is 8. The van der Waals surface area contributed by atoms with Crippen LogP contribution in [0.2, 0.25) is 5.02 Å². The molecule has 16 nitrogen and oxygen atoms in total. The number of anilines is 2. The number of carbonyl (C=O) groups is 3. The fourth-order valence-corrected chi connectivity index (χ4v) is 5.38. The van der Waals surface area contributed by atoms with Crippen LogP contribution in [0.3, 0.4) is 0 Å². The van der Waals surface area contributed by atoms with Crippen molar-refractivity contribution >= 4 is 63.6 Å². The maximum absolute atomic E-state index is 12.2. The number of aromatic nitrogens is 4. The first-order valence-corrected chi connectivity index (χ1v) is 14.7. The van der Waals surface area contributed by atoms with Crippen LogP contribution in [0.25, 0.3) is 21.4 Å². The Balaban J connectivity index is 0.000000230. The summed E-state index contributed by atoms with van der Waals surface area (Å²) in [7, 11) is 1.13. The standard InChI is InChI=1S/C17H13ClN4O5S.C10H9N3O4S/c18-9-4-2-1-3-8(9)7-19-17(27)20-10-5-6-28-13(10)14-21-11(16(25)26)12(23)15(24)22-14;1-17-10(16)5-6(14)9(15)13-8(12-5)7-4(11)2-3-18-7/h1-6,23H,7H2,(H,25,26)(H2,19,20,27)(H,21,22,24);2-3,14H,11H2,1H3,(H,12,13,15). The first-order chi connectivity index (χ1) is 21.9. The number of nitrogen functional groups attached to an aromatic ring is 1. The predicted octanol–water partition coefficient (Wildman–Crippen LogP) is 3.45. The molecule has 0 saturated carbocycles. The third-order valence-corrected chi connectivity index (χ3v) is 8.03. The Hall–Kier alpha value is -5.72. The number of H-pyrrole nitrogens is 2. The van der Waals surface area contributed by atoms with Crippen LogP contribution in [0.15, 0.2) is 56.7 Å². The number of nitrogens with one attached hydrogen (secondary N) is 4. The summed E-state index contributed by atoms with van der Waals surface area (Å²) in [5.74, 6) is -4.17. The number of halogens is 1. The van der Waals surface area contributed by atoms with Crippen molar-refractivity contribution in [1.82, 2.24) is 25.3 Å². The Kier molecular flexibility index (Phi) is 10.4. The van der Waals surface area contributed by atoms with Crippen LogP contribution < -0.4 is 27.5 Å². The Morgan fingerprint density at radius 1 is 0.935 bits per heavy atom. The van der Waals surface area contributed by atoms with Crippen molar-refractivity contribution < 1.29 is 34.4 Å². The van der Waals surface area contributed by atoms with Crippen molar-refractivity contribution in [2.24, 2.45) is 0 Å². The minimum absolute atomic E-state index is 0.0865. The molecule has 2 amide bonds. The van der Waals surface area contributed by atoms with E-state index in [1.807, 2.05) is 0 Å². The molecule has 238 valence electrons. The summed E-state index contributed by atoms with van der Waals surface area (Å²) < 4.78 is 4.43.